The summed E-state index contributed by atoms with van der Waals surface area (Å²) in [6.07, 6.45) is -2.31. The summed E-state index contributed by atoms with van der Waals surface area (Å²) in [6.45, 7) is 1.90. The lowest BCUT2D eigenvalue weighted by Crippen LogP contribution is -2.35. The second-order valence-electron chi connectivity index (χ2n) is 11.7. The summed E-state index contributed by atoms with van der Waals surface area (Å²) in [5.41, 5.74) is 1.13. The first-order valence-electron chi connectivity index (χ1n) is 14.5. The zero-order chi connectivity index (χ0) is 36.1. The number of anilines is 1. The van der Waals surface area contributed by atoms with Crippen molar-refractivity contribution in [2.45, 2.75) is 25.9 Å². The SMILES string of the molecule is Cc1c(-c2nc(C(=O)O)nn2-c2ccc(C#N)cc2)cn2nc(NC(=O)CCC[N+](C)(C)C)nc2c1-c1cccc(C(F)(F)F)c1.O=C[O-]. The van der Waals surface area contributed by atoms with Crippen LogP contribution in [-0.2, 0) is 15.8 Å². The quantitative estimate of drug-likeness (QED) is 0.173. The zero-order valence-corrected chi connectivity index (χ0v) is 26.7. The molecule has 0 radical (unpaired) electrons. The van der Waals surface area contributed by atoms with Crippen molar-refractivity contribution in [3.63, 3.8) is 0 Å². The molecular weight excluding hydrogens is 647 g/mol. The molecule has 0 saturated heterocycles. The van der Waals surface area contributed by atoms with Gasteiger partial charge in [0.15, 0.2) is 11.5 Å². The van der Waals surface area contributed by atoms with E-state index in [4.69, 9.17) is 9.90 Å². The first-order chi connectivity index (χ1) is 23.1. The minimum atomic E-state index is -4.62. The number of hydrogen-bond acceptors (Lipinski definition) is 9. The number of hydrogen-bond donors (Lipinski definition) is 2. The number of quaternary nitrogens is 1. The molecule has 254 valence electrons. The maximum Gasteiger partial charge on any atom is 0.416 e. The van der Waals surface area contributed by atoms with Crippen LogP contribution in [0.25, 0.3) is 33.8 Å². The Bertz CT molecular complexity index is 2060. The van der Waals surface area contributed by atoms with E-state index in [1.54, 1.807) is 19.1 Å². The first kappa shape index (κ1) is 35.7. The number of benzene rings is 2. The van der Waals surface area contributed by atoms with E-state index in [1.165, 1.54) is 39.7 Å². The van der Waals surface area contributed by atoms with Crippen molar-refractivity contribution >= 4 is 29.9 Å². The summed E-state index contributed by atoms with van der Waals surface area (Å²) < 4.78 is 44.5. The second-order valence-corrected chi connectivity index (χ2v) is 11.7. The third kappa shape index (κ3) is 8.42. The van der Waals surface area contributed by atoms with Crippen LogP contribution in [0.3, 0.4) is 0 Å². The largest absolute Gasteiger partial charge is 0.554 e. The number of carbonyl (C=O) groups is 3. The molecule has 2 N–H and O–H groups in total. The van der Waals surface area contributed by atoms with Crippen LogP contribution in [0.15, 0.2) is 54.7 Å². The summed E-state index contributed by atoms with van der Waals surface area (Å²) in [5.74, 6) is -2.26. The number of carboxylic acids is 1. The Kier molecular flexibility index (Phi) is 10.4. The minimum absolute atomic E-state index is 0.0520. The highest BCUT2D eigenvalue weighted by Gasteiger charge is 2.31. The lowest BCUT2D eigenvalue weighted by atomic mass is 9.96. The van der Waals surface area contributed by atoms with Gasteiger partial charge in [-0.2, -0.15) is 23.4 Å². The number of rotatable bonds is 9. The predicted molar refractivity (Wildman–Crippen MR) is 167 cm³/mol. The van der Waals surface area contributed by atoms with Gasteiger partial charge in [-0.15, -0.1) is 10.2 Å². The minimum Gasteiger partial charge on any atom is -0.554 e. The fourth-order valence-electron chi connectivity index (χ4n) is 4.92. The maximum atomic E-state index is 13.8. The molecule has 0 spiro atoms. The Hall–Kier alpha value is -6.15. The molecule has 0 unspecified atom stereocenters. The van der Waals surface area contributed by atoms with Crippen molar-refractivity contribution in [3.8, 4) is 34.3 Å². The number of nitrogens with zero attached hydrogens (tertiary/aromatic N) is 8. The van der Waals surface area contributed by atoms with Crippen molar-refractivity contribution in [1.82, 2.24) is 29.4 Å². The molecule has 17 heteroatoms. The van der Waals surface area contributed by atoms with Gasteiger partial charge in [0, 0.05) is 36.6 Å². The summed E-state index contributed by atoms with van der Waals surface area (Å²) in [4.78, 5) is 41.6. The Balaban J connectivity index is 0.00000174. The Morgan fingerprint density at radius 2 is 1.78 bits per heavy atom. The summed E-state index contributed by atoms with van der Waals surface area (Å²) in [6, 6.07) is 12.9. The number of amides is 1. The molecule has 0 saturated carbocycles. The molecule has 5 aromatic rings. The van der Waals surface area contributed by atoms with Crippen molar-refractivity contribution in [2.24, 2.45) is 0 Å². The van der Waals surface area contributed by atoms with Gasteiger partial charge in [0.1, 0.15) is 0 Å². The van der Waals surface area contributed by atoms with Crippen LogP contribution in [0, 0.1) is 18.3 Å². The van der Waals surface area contributed by atoms with Crippen LogP contribution in [0.2, 0.25) is 0 Å². The molecule has 49 heavy (non-hydrogen) atoms. The van der Waals surface area contributed by atoms with E-state index in [0.717, 1.165) is 18.7 Å². The van der Waals surface area contributed by atoms with Crippen LogP contribution in [0.5, 0.6) is 0 Å². The molecule has 2 aromatic carbocycles. The normalized spacial score (nSPS) is 11.4. The first-order valence-corrected chi connectivity index (χ1v) is 14.5. The van der Waals surface area contributed by atoms with E-state index < -0.39 is 30.0 Å². The van der Waals surface area contributed by atoms with Crippen LogP contribution in [0.1, 0.15) is 40.2 Å². The Morgan fingerprint density at radius 3 is 2.37 bits per heavy atom. The number of nitriles is 1. The van der Waals surface area contributed by atoms with Crippen molar-refractivity contribution in [2.75, 3.05) is 33.0 Å². The number of fused-ring (bicyclic) bond motifs is 1. The van der Waals surface area contributed by atoms with E-state index in [9.17, 15) is 33.1 Å². The molecule has 0 bridgehead atoms. The molecular formula is C32H30F3N9O5. The third-order valence-corrected chi connectivity index (χ3v) is 7.13. The molecule has 0 aliphatic carbocycles. The molecule has 1 amide bonds. The molecule has 3 aromatic heterocycles. The van der Waals surface area contributed by atoms with Gasteiger partial charge in [-0.05, 0) is 54.4 Å². The number of halogens is 3. The van der Waals surface area contributed by atoms with E-state index in [1.807, 2.05) is 27.2 Å². The smallest absolute Gasteiger partial charge is 0.416 e. The van der Waals surface area contributed by atoms with E-state index in [0.29, 0.717) is 27.7 Å². The molecule has 0 fully saturated rings. The van der Waals surface area contributed by atoms with E-state index in [-0.39, 0.29) is 46.4 Å². The third-order valence-electron chi connectivity index (χ3n) is 7.13. The average Bonchev–Trinajstić information content (AvgIpc) is 3.64. The van der Waals surface area contributed by atoms with Crippen LogP contribution in [-0.4, -0.2) is 85.0 Å². The van der Waals surface area contributed by atoms with E-state index in [2.05, 4.69) is 25.5 Å². The molecule has 5 rings (SSSR count). The monoisotopic (exact) mass is 677 g/mol. The number of pyridine rings is 1. The standard InChI is InChI=1S/C31H28F3N9O3.CH2O2/c1-18-23(27-37-26(29(45)46)39-42(27)22-12-10-19(16-35)11-13-22)17-41-28(25(18)20-7-5-8-21(15-20)31(32,33)34)38-30(40-41)36-24(44)9-6-14-43(2,3)4;2-1-3/h5,7-8,10-13,15,17H,6,9,14H2,1-4H3,(H-,36,40,44,45,46);1H,(H,2,3). The molecule has 0 aliphatic rings. The van der Waals surface area contributed by atoms with Gasteiger partial charge in [0.05, 0.1) is 50.6 Å². The van der Waals surface area contributed by atoms with Gasteiger partial charge >= 0.3 is 12.1 Å². The number of alkyl halides is 3. The maximum absolute atomic E-state index is 13.8. The number of carbonyl (C=O) groups excluding carboxylic acids is 2. The van der Waals surface area contributed by atoms with Gasteiger partial charge < -0.3 is 19.5 Å². The van der Waals surface area contributed by atoms with Gasteiger partial charge in [-0.25, -0.2) is 19.0 Å². The van der Waals surface area contributed by atoms with Crippen molar-refractivity contribution in [3.05, 3.63) is 77.2 Å². The number of carboxylic acid groups (broad SMARTS) is 2. The van der Waals surface area contributed by atoms with E-state index >= 15 is 0 Å². The second kappa shape index (κ2) is 14.3. The lowest BCUT2D eigenvalue weighted by molar-refractivity contribution is -0.870. The molecule has 0 atom stereocenters. The number of aromatic carboxylic acids is 1. The van der Waals surface area contributed by atoms with Crippen LogP contribution < -0.4 is 10.4 Å². The highest BCUT2D eigenvalue weighted by Crippen LogP contribution is 2.38. The number of nitrogens with one attached hydrogen (secondary N) is 1. The topological polar surface area (TPSA) is 191 Å². The lowest BCUT2D eigenvalue weighted by Gasteiger charge is -2.23. The molecule has 3 heterocycles. The summed E-state index contributed by atoms with van der Waals surface area (Å²) in [5, 5.41) is 38.4. The predicted octanol–water partition coefficient (Wildman–Crippen LogP) is 3.33. The zero-order valence-electron chi connectivity index (χ0n) is 26.7. The highest BCUT2D eigenvalue weighted by atomic mass is 19.4. The Morgan fingerprint density at radius 1 is 1.10 bits per heavy atom. The highest BCUT2D eigenvalue weighted by molar-refractivity contribution is 5.91. The van der Waals surface area contributed by atoms with Crippen LogP contribution >= 0.6 is 0 Å². The van der Waals surface area contributed by atoms with Gasteiger partial charge in [-0.3, -0.25) is 10.1 Å². The van der Waals surface area contributed by atoms with Crippen LogP contribution in [0.4, 0.5) is 19.1 Å². The van der Waals surface area contributed by atoms with Gasteiger partial charge in [0.25, 0.3) is 5.82 Å². The fraction of sp³-hybridized carbons (Fsp3) is 0.250. The Labute approximate surface area is 277 Å². The molecule has 14 nitrogen and oxygen atoms in total. The van der Waals surface area contributed by atoms with Crippen molar-refractivity contribution in [1.29, 1.82) is 5.26 Å². The summed E-state index contributed by atoms with van der Waals surface area (Å²) in [7, 11) is 6.04. The average molecular weight is 678 g/mol. The summed E-state index contributed by atoms with van der Waals surface area (Å²) >= 11 is 0. The van der Waals surface area contributed by atoms with Gasteiger partial charge in [0.2, 0.25) is 11.9 Å². The van der Waals surface area contributed by atoms with Crippen molar-refractivity contribution < 1.29 is 42.3 Å². The fourth-order valence-corrected chi connectivity index (χ4v) is 4.92. The van der Waals surface area contributed by atoms with Gasteiger partial charge in [-0.1, -0.05) is 12.1 Å². The molecule has 0 aliphatic heterocycles. The number of aromatic nitrogens is 6.